The van der Waals surface area contributed by atoms with Gasteiger partial charge in [-0.2, -0.15) is 0 Å². The minimum Gasteiger partial charge on any atom is -0.311 e. The number of hydrogen-bond donors (Lipinski definition) is 1. The van der Waals surface area contributed by atoms with Gasteiger partial charge in [0.25, 0.3) is 5.56 Å². The lowest BCUT2D eigenvalue weighted by atomic mass is 10.2. The molecule has 1 aromatic heterocycles. The fourth-order valence-corrected chi connectivity index (χ4v) is 1.54. The molecule has 2 rings (SSSR count). The number of aryl methyl sites for hydroxylation is 1. The Bertz CT molecular complexity index is 557. The van der Waals surface area contributed by atoms with Gasteiger partial charge in [-0.15, -0.1) is 0 Å². The molecule has 0 aliphatic carbocycles. The molecule has 1 unspecified atom stereocenters. The van der Waals surface area contributed by atoms with Crippen molar-refractivity contribution in [3.63, 3.8) is 0 Å². The maximum atomic E-state index is 11.9. The van der Waals surface area contributed by atoms with Crippen LogP contribution in [0.5, 0.6) is 0 Å². The molecule has 0 aliphatic rings. The summed E-state index contributed by atoms with van der Waals surface area (Å²) in [5.41, 5.74) is 7.38. The molecule has 0 fully saturated rings. The van der Waals surface area contributed by atoms with E-state index in [1.165, 1.54) is 10.9 Å². The largest absolute Gasteiger partial charge is 0.311 e. The van der Waals surface area contributed by atoms with Crippen molar-refractivity contribution in [1.29, 1.82) is 0 Å². The summed E-state index contributed by atoms with van der Waals surface area (Å²) in [5, 5.41) is 0.611. The van der Waals surface area contributed by atoms with Gasteiger partial charge in [0, 0.05) is 0 Å². The second-order valence-corrected chi connectivity index (χ2v) is 3.72. The van der Waals surface area contributed by atoms with E-state index in [-0.39, 0.29) is 11.7 Å². The average Bonchev–Trinajstić information content (AvgIpc) is 2.17. The van der Waals surface area contributed by atoms with Gasteiger partial charge < -0.3 is 5.73 Å². The third-order valence-electron chi connectivity index (χ3n) is 2.38. The Balaban J connectivity index is 2.80. The molecule has 1 aromatic carbocycles. The summed E-state index contributed by atoms with van der Waals surface area (Å²) in [6, 6.07) is 5.58. The number of aromatic nitrogens is 2. The van der Waals surface area contributed by atoms with Crippen LogP contribution in [0.1, 0.15) is 18.7 Å². The maximum Gasteiger partial charge on any atom is 0.262 e. The molecule has 2 N–H and O–H groups in total. The molecule has 0 radical (unpaired) electrons. The second kappa shape index (κ2) is 3.47. The van der Waals surface area contributed by atoms with Gasteiger partial charge in [-0.25, -0.2) is 4.98 Å². The van der Waals surface area contributed by atoms with E-state index >= 15 is 0 Å². The van der Waals surface area contributed by atoms with E-state index in [0.717, 1.165) is 11.1 Å². The van der Waals surface area contributed by atoms with Crippen molar-refractivity contribution in [3.05, 3.63) is 40.4 Å². The summed E-state index contributed by atoms with van der Waals surface area (Å²) in [4.78, 5) is 16.1. The van der Waals surface area contributed by atoms with Crippen LogP contribution >= 0.6 is 0 Å². The monoisotopic (exact) mass is 203 g/mol. The highest BCUT2D eigenvalue weighted by molar-refractivity contribution is 5.77. The van der Waals surface area contributed by atoms with Crippen molar-refractivity contribution < 1.29 is 0 Å². The first-order chi connectivity index (χ1) is 7.09. The highest BCUT2D eigenvalue weighted by atomic mass is 16.1. The van der Waals surface area contributed by atoms with Crippen molar-refractivity contribution in [2.24, 2.45) is 5.73 Å². The van der Waals surface area contributed by atoms with Crippen LogP contribution in [0.25, 0.3) is 10.9 Å². The first kappa shape index (κ1) is 9.86. The van der Waals surface area contributed by atoms with Crippen molar-refractivity contribution in [2.45, 2.75) is 20.0 Å². The fraction of sp³-hybridized carbons (Fsp3) is 0.273. The Hall–Kier alpha value is -1.68. The zero-order valence-electron chi connectivity index (χ0n) is 8.77. The molecule has 0 bridgehead atoms. The predicted molar refractivity (Wildman–Crippen MR) is 59.6 cm³/mol. The van der Waals surface area contributed by atoms with E-state index in [1.807, 2.05) is 19.1 Å². The smallest absolute Gasteiger partial charge is 0.262 e. The normalized spacial score (nSPS) is 13.0. The van der Waals surface area contributed by atoms with E-state index in [9.17, 15) is 4.79 Å². The van der Waals surface area contributed by atoms with Crippen LogP contribution in [0, 0.1) is 6.92 Å². The Morgan fingerprint density at radius 2 is 2.20 bits per heavy atom. The molecule has 0 saturated heterocycles. The number of hydrogen-bond acceptors (Lipinski definition) is 3. The Labute approximate surface area is 87.4 Å². The van der Waals surface area contributed by atoms with Crippen LogP contribution in [-0.4, -0.2) is 9.55 Å². The Morgan fingerprint density at radius 3 is 2.87 bits per heavy atom. The highest BCUT2D eigenvalue weighted by Gasteiger charge is 2.05. The van der Waals surface area contributed by atoms with Gasteiger partial charge in [0.05, 0.1) is 23.4 Å². The van der Waals surface area contributed by atoms with E-state index in [1.54, 1.807) is 13.0 Å². The average molecular weight is 203 g/mol. The molecule has 4 nitrogen and oxygen atoms in total. The molecule has 0 amide bonds. The molecule has 15 heavy (non-hydrogen) atoms. The third kappa shape index (κ3) is 1.64. The van der Waals surface area contributed by atoms with Crippen molar-refractivity contribution in [2.75, 3.05) is 0 Å². The third-order valence-corrected chi connectivity index (χ3v) is 2.38. The summed E-state index contributed by atoms with van der Waals surface area (Å²) in [7, 11) is 0. The number of nitrogens with two attached hydrogens (primary N) is 1. The van der Waals surface area contributed by atoms with Gasteiger partial charge in [-0.1, -0.05) is 6.07 Å². The van der Waals surface area contributed by atoms with E-state index in [2.05, 4.69) is 4.98 Å². The SMILES string of the molecule is Cc1ccc2c(=O)n(C(C)N)cnc2c1. The van der Waals surface area contributed by atoms with Crippen LogP contribution in [0.3, 0.4) is 0 Å². The molecule has 0 spiro atoms. The minimum atomic E-state index is -0.351. The summed E-state index contributed by atoms with van der Waals surface area (Å²) >= 11 is 0. The molecule has 4 heteroatoms. The lowest BCUT2D eigenvalue weighted by Gasteiger charge is -2.09. The number of rotatable bonds is 1. The topological polar surface area (TPSA) is 60.9 Å². The first-order valence-electron chi connectivity index (χ1n) is 4.82. The molecule has 2 aromatic rings. The van der Waals surface area contributed by atoms with Crippen molar-refractivity contribution >= 4 is 10.9 Å². The first-order valence-corrected chi connectivity index (χ1v) is 4.82. The summed E-state index contributed by atoms with van der Waals surface area (Å²) in [6.07, 6.45) is 1.14. The number of nitrogens with zero attached hydrogens (tertiary/aromatic N) is 2. The number of fused-ring (bicyclic) bond motifs is 1. The second-order valence-electron chi connectivity index (χ2n) is 3.72. The van der Waals surface area contributed by atoms with Crippen LogP contribution in [-0.2, 0) is 0 Å². The summed E-state index contributed by atoms with van der Waals surface area (Å²) < 4.78 is 1.43. The standard InChI is InChI=1S/C11H13N3O/c1-7-3-4-9-10(5-7)13-6-14(8(2)12)11(9)15/h3-6,8H,12H2,1-2H3. The molecule has 1 heterocycles. The number of benzene rings is 1. The zero-order chi connectivity index (χ0) is 11.0. The predicted octanol–water partition coefficient (Wildman–Crippen LogP) is 1.18. The minimum absolute atomic E-state index is 0.0880. The molecular formula is C11H13N3O. The van der Waals surface area contributed by atoms with Crippen LogP contribution < -0.4 is 11.3 Å². The van der Waals surface area contributed by atoms with E-state index in [4.69, 9.17) is 5.73 Å². The van der Waals surface area contributed by atoms with E-state index in [0.29, 0.717) is 5.39 Å². The lowest BCUT2D eigenvalue weighted by molar-refractivity contribution is 0.547. The van der Waals surface area contributed by atoms with Gasteiger partial charge in [0.1, 0.15) is 0 Å². The van der Waals surface area contributed by atoms with Crippen LogP contribution in [0.15, 0.2) is 29.3 Å². The maximum absolute atomic E-state index is 11.9. The lowest BCUT2D eigenvalue weighted by Crippen LogP contribution is -2.28. The highest BCUT2D eigenvalue weighted by Crippen LogP contribution is 2.09. The quantitative estimate of drug-likeness (QED) is 0.757. The van der Waals surface area contributed by atoms with Gasteiger partial charge >= 0.3 is 0 Å². The Kier molecular flexibility index (Phi) is 2.28. The van der Waals surface area contributed by atoms with Gasteiger partial charge in [0.15, 0.2) is 0 Å². The van der Waals surface area contributed by atoms with Gasteiger partial charge in [-0.3, -0.25) is 9.36 Å². The van der Waals surface area contributed by atoms with Crippen molar-refractivity contribution in [1.82, 2.24) is 9.55 Å². The fourth-order valence-electron chi connectivity index (χ4n) is 1.54. The molecule has 0 saturated carbocycles. The van der Waals surface area contributed by atoms with Crippen LogP contribution in [0.4, 0.5) is 0 Å². The molecule has 1 atom stereocenters. The molecule has 0 aliphatic heterocycles. The van der Waals surface area contributed by atoms with Gasteiger partial charge in [0.2, 0.25) is 0 Å². The summed E-state index contributed by atoms with van der Waals surface area (Å²) in [5.74, 6) is 0. The van der Waals surface area contributed by atoms with Gasteiger partial charge in [-0.05, 0) is 31.5 Å². The van der Waals surface area contributed by atoms with Crippen molar-refractivity contribution in [3.8, 4) is 0 Å². The molecule has 78 valence electrons. The Morgan fingerprint density at radius 1 is 1.47 bits per heavy atom. The van der Waals surface area contributed by atoms with E-state index < -0.39 is 0 Å². The van der Waals surface area contributed by atoms with Crippen LogP contribution in [0.2, 0.25) is 0 Å². The summed E-state index contributed by atoms with van der Waals surface area (Å²) in [6.45, 7) is 3.72. The molecular weight excluding hydrogens is 190 g/mol. The zero-order valence-corrected chi connectivity index (χ0v) is 8.77.